The zero-order valence-electron chi connectivity index (χ0n) is 16.2. The number of para-hydroxylation sites is 1. The van der Waals surface area contributed by atoms with Gasteiger partial charge in [0.2, 0.25) is 5.88 Å². The summed E-state index contributed by atoms with van der Waals surface area (Å²) in [6.45, 7) is 0. The molecule has 4 rings (SSSR count). The molecule has 0 unspecified atom stereocenters. The van der Waals surface area contributed by atoms with Crippen LogP contribution in [0.1, 0.15) is 17.0 Å². The number of nitrogens with two attached hydrogens (primary N) is 1. The standard InChI is InChI=1S/C22H19N3O4/c1-25-15-7-5-4-6-13(15)20-19(22(25)26)18(14(11-23)21(24)29-20)12-8-9-16(27-2)17(10-12)28-3/h4-10,18H,24H2,1-3H3/t18-/m0/s1. The van der Waals surface area contributed by atoms with Gasteiger partial charge in [-0.2, -0.15) is 5.26 Å². The van der Waals surface area contributed by atoms with Crippen LogP contribution in [0.4, 0.5) is 0 Å². The molecule has 1 aliphatic rings. The number of rotatable bonds is 3. The number of nitrogens with zero attached hydrogens (tertiary/aromatic N) is 2. The molecule has 7 nitrogen and oxygen atoms in total. The average molecular weight is 389 g/mol. The van der Waals surface area contributed by atoms with Gasteiger partial charge in [-0.3, -0.25) is 4.79 Å². The van der Waals surface area contributed by atoms with Crippen LogP contribution in [0.2, 0.25) is 0 Å². The number of aryl methyl sites for hydroxylation is 1. The smallest absolute Gasteiger partial charge is 0.258 e. The molecule has 2 aromatic carbocycles. The second-order valence-electron chi connectivity index (χ2n) is 6.66. The maximum atomic E-state index is 13.3. The third-order valence-corrected chi connectivity index (χ3v) is 5.21. The van der Waals surface area contributed by atoms with E-state index in [-0.39, 0.29) is 17.0 Å². The quantitative estimate of drug-likeness (QED) is 0.739. The number of allylic oxidation sites excluding steroid dienone is 1. The summed E-state index contributed by atoms with van der Waals surface area (Å²) in [7, 11) is 4.77. The molecule has 0 radical (unpaired) electrons. The number of pyridine rings is 1. The van der Waals surface area contributed by atoms with Crippen molar-refractivity contribution in [2.75, 3.05) is 14.2 Å². The van der Waals surface area contributed by atoms with Gasteiger partial charge in [-0.15, -0.1) is 0 Å². The van der Waals surface area contributed by atoms with E-state index in [1.165, 1.54) is 7.11 Å². The first-order valence-electron chi connectivity index (χ1n) is 8.93. The van der Waals surface area contributed by atoms with Crippen molar-refractivity contribution in [1.82, 2.24) is 4.57 Å². The summed E-state index contributed by atoms with van der Waals surface area (Å²) in [5, 5.41) is 10.5. The molecule has 3 aromatic rings. The van der Waals surface area contributed by atoms with Crippen molar-refractivity contribution in [3.63, 3.8) is 0 Å². The minimum atomic E-state index is -0.688. The van der Waals surface area contributed by atoms with Gasteiger partial charge in [-0.1, -0.05) is 18.2 Å². The minimum Gasteiger partial charge on any atom is -0.493 e. The van der Waals surface area contributed by atoms with Crippen LogP contribution in [-0.4, -0.2) is 18.8 Å². The van der Waals surface area contributed by atoms with Gasteiger partial charge >= 0.3 is 0 Å². The lowest BCUT2D eigenvalue weighted by Crippen LogP contribution is -2.31. The van der Waals surface area contributed by atoms with Gasteiger partial charge in [0.05, 0.1) is 31.2 Å². The summed E-state index contributed by atoms with van der Waals surface area (Å²) in [5.74, 6) is 0.710. The Labute approximate surface area is 167 Å². The average Bonchev–Trinajstić information content (AvgIpc) is 2.76. The molecule has 0 amide bonds. The van der Waals surface area contributed by atoms with E-state index in [1.54, 1.807) is 36.9 Å². The minimum absolute atomic E-state index is 0.0156. The van der Waals surface area contributed by atoms with Crippen LogP contribution >= 0.6 is 0 Å². The molecule has 146 valence electrons. The van der Waals surface area contributed by atoms with Gasteiger partial charge in [0.25, 0.3) is 5.56 Å². The summed E-state index contributed by atoms with van der Waals surface area (Å²) < 4.78 is 18.1. The molecular weight excluding hydrogens is 370 g/mol. The van der Waals surface area contributed by atoms with Crippen molar-refractivity contribution in [2.24, 2.45) is 12.8 Å². The number of methoxy groups -OCH3 is 2. The van der Waals surface area contributed by atoms with Crippen LogP contribution in [0.25, 0.3) is 10.9 Å². The number of benzene rings is 2. The molecule has 0 bridgehead atoms. The van der Waals surface area contributed by atoms with Gasteiger partial charge in [0, 0.05) is 12.4 Å². The zero-order valence-corrected chi connectivity index (χ0v) is 16.2. The van der Waals surface area contributed by atoms with Crippen LogP contribution in [0.3, 0.4) is 0 Å². The van der Waals surface area contributed by atoms with Crippen molar-refractivity contribution < 1.29 is 14.2 Å². The third kappa shape index (κ3) is 2.69. The summed E-state index contributed by atoms with van der Waals surface area (Å²) in [6, 6.07) is 14.8. The lowest BCUT2D eigenvalue weighted by atomic mass is 9.83. The van der Waals surface area contributed by atoms with Crippen LogP contribution in [-0.2, 0) is 7.05 Å². The summed E-state index contributed by atoms with van der Waals surface area (Å²) >= 11 is 0. The number of aromatic nitrogens is 1. The van der Waals surface area contributed by atoms with Crippen LogP contribution in [0, 0.1) is 11.3 Å². The highest BCUT2D eigenvalue weighted by Gasteiger charge is 2.35. The number of fused-ring (bicyclic) bond motifs is 3. The first kappa shape index (κ1) is 18.4. The first-order valence-corrected chi connectivity index (χ1v) is 8.93. The Bertz CT molecular complexity index is 1270. The van der Waals surface area contributed by atoms with Crippen LogP contribution < -0.4 is 25.5 Å². The Morgan fingerprint density at radius 2 is 1.86 bits per heavy atom. The lowest BCUT2D eigenvalue weighted by Gasteiger charge is -2.28. The van der Waals surface area contributed by atoms with Gasteiger partial charge < -0.3 is 24.5 Å². The normalized spacial score (nSPS) is 15.4. The molecule has 0 aliphatic carbocycles. The summed E-state index contributed by atoms with van der Waals surface area (Å²) in [5.41, 5.74) is 7.80. The van der Waals surface area contributed by atoms with Gasteiger partial charge in [-0.25, -0.2) is 0 Å². The number of hydrogen-bond donors (Lipinski definition) is 1. The molecule has 1 atom stereocenters. The molecular formula is C22H19N3O4. The molecule has 0 saturated carbocycles. The van der Waals surface area contributed by atoms with Crippen molar-refractivity contribution >= 4 is 10.9 Å². The Hall–Kier alpha value is -3.92. The second kappa shape index (κ2) is 6.91. The van der Waals surface area contributed by atoms with Gasteiger partial charge in [0.15, 0.2) is 11.5 Å². The second-order valence-corrected chi connectivity index (χ2v) is 6.66. The fourth-order valence-electron chi connectivity index (χ4n) is 3.79. The molecule has 2 heterocycles. The molecule has 1 aliphatic heterocycles. The zero-order chi connectivity index (χ0) is 20.7. The van der Waals surface area contributed by atoms with E-state index in [4.69, 9.17) is 19.9 Å². The van der Waals surface area contributed by atoms with Crippen molar-refractivity contribution in [2.45, 2.75) is 5.92 Å². The predicted octanol–water partition coefficient (Wildman–Crippen LogP) is 2.77. The molecule has 0 saturated heterocycles. The Balaban J connectivity index is 2.08. The highest BCUT2D eigenvalue weighted by Crippen LogP contribution is 2.44. The fourth-order valence-corrected chi connectivity index (χ4v) is 3.79. The Morgan fingerprint density at radius 3 is 2.55 bits per heavy atom. The van der Waals surface area contributed by atoms with Crippen molar-refractivity contribution in [3.05, 3.63) is 75.4 Å². The Morgan fingerprint density at radius 1 is 1.14 bits per heavy atom. The third-order valence-electron chi connectivity index (χ3n) is 5.21. The fraction of sp³-hybridized carbons (Fsp3) is 0.182. The van der Waals surface area contributed by atoms with Gasteiger partial charge in [-0.05, 0) is 29.8 Å². The van der Waals surface area contributed by atoms with E-state index in [1.807, 2.05) is 24.3 Å². The summed E-state index contributed by atoms with van der Waals surface area (Å²) in [4.78, 5) is 13.3. The van der Waals surface area contributed by atoms with E-state index in [0.29, 0.717) is 28.4 Å². The lowest BCUT2D eigenvalue weighted by molar-refractivity contribution is 0.354. The van der Waals surface area contributed by atoms with Crippen molar-refractivity contribution in [1.29, 1.82) is 5.26 Å². The molecule has 0 fully saturated rings. The molecule has 29 heavy (non-hydrogen) atoms. The molecule has 7 heteroatoms. The van der Waals surface area contributed by atoms with E-state index < -0.39 is 5.92 Å². The largest absolute Gasteiger partial charge is 0.493 e. The molecule has 0 spiro atoms. The van der Waals surface area contributed by atoms with Crippen LogP contribution in [0.5, 0.6) is 17.2 Å². The Kier molecular flexibility index (Phi) is 4.40. The predicted molar refractivity (Wildman–Crippen MR) is 108 cm³/mol. The van der Waals surface area contributed by atoms with E-state index >= 15 is 0 Å². The first-order chi connectivity index (χ1) is 14.0. The number of ether oxygens (including phenoxy) is 3. The van der Waals surface area contributed by atoms with E-state index in [9.17, 15) is 10.1 Å². The van der Waals surface area contributed by atoms with Crippen LogP contribution in [0.15, 0.2) is 58.7 Å². The van der Waals surface area contributed by atoms with Crippen molar-refractivity contribution in [3.8, 4) is 23.3 Å². The topological polar surface area (TPSA) is 99.5 Å². The maximum absolute atomic E-state index is 13.3. The number of hydrogen-bond acceptors (Lipinski definition) is 6. The highest BCUT2D eigenvalue weighted by atomic mass is 16.5. The summed E-state index contributed by atoms with van der Waals surface area (Å²) in [6.07, 6.45) is 0. The molecule has 1 aromatic heterocycles. The highest BCUT2D eigenvalue weighted by molar-refractivity contribution is 5.88. The van der Waals surface area contributed by atoms with E-state index in [2.05, 4.69) is 6.07 Å². The monoisotopic (exact) mass is 389 g/mol. The van der Waals surface area contributed by atoms with E-state index in [0.717, 1.165) is 10.9 Å². The maximum Gasteiger partial charge on any atom is 0.258 e. The number of nitriles is 1. The SMILES string of the molecule is COc1ccc([C@H]2C(C#N)=C(N)Oc3c2c(=O)n(C)c2ccccc32)cc1OC. The van der Waals surface area contributed by atoms with Gasteiger partial charge in [0.1, 0.15) is 17.4 Å². The molecule has 2 N–H and O–H groups in total.